The Labute approximate surface area is 136 Å². The Balaban J connectivity index is 2.37. The van der Waals surface area contributed by atoms with Crippen molar-refractivity contribution in [3.05, 3.63) is 56.0 Å². The van der Waals surface area contributed by atoms with Gasteiger partial charge in [0.15, 0.2) is 0 Å². The molecule has 3 nitrogen and oxygen atoms in total. The molecule has 0 saturated carbocycles. The van der Waals surface area contributed by atoms with Crippen LogP contribution in [0.1, 0.15) is 15.9 Å². The highest BCUT2D eigenvalue weighted by Crippen LogP contribution is 2.29. The molecule has 0 saturated heterocycles. The molecule has 0 heterocycles. The van der Waals surface area contributed by atoms with Crippen molar-refractivity contribution in [3.63, 3.8) is 0 Å². The van der Waals surface area contributed by atoms with Crippen molar-refractivity contribution in [3.8, 4) is 0 Å². The Morgan fingerprint density at radius 3 is 2.29 bits per heavy atom. The number of amides is 1. The highest BCUT2D eigenvalue weighted by Gasteiger charge is 2.19. The van der Waals surface area contributed by atoms with E-state index in [2.05, 4.69) is 37.2 Å². The van der Waals surface area contributed by atoms with Crippen LogP contribution in [0, 0.1) is 18.6 Å². The minimum absolute atomic E-state index is 0.217. The molecule has 3 N–H and O–H groups in total. The van der Waals surface area contributed by atoms with Gasteiger partial charge in [0.1, 0.15) is 17.2 Å². The topological polar surface area (TPSA) is 55.1 Å². The highest BCUT2D eigenvalue weighted by atomic mass is 79.9. The second-order valence-corrected chi connectivity index (χ2v) is 6.16. The summed E-state index contributed by atoms with van der Waals surface area (Å²) < 4.78 is 28.3. The van der Waals surface area contributed by atoms with E-state index >= 15 is 0 Å². The predicted octanol–water partition coefficient (Wildman–Crippen LogP) is 4.63. The average Bonchev–Trinajstić information content (AvgIpc) is 2.34. The molecule has 0 atom stereocenters. The normalized spacial score (nSPS) is 10.5. The van der Waals surface area contributed by atoms with Crippen molar-refractivity contribution in [2.75, 3.05) is 11.1 Å². The van der Waals surface area contributed by atoms with Crippen LogP contribution in [-0.4, -0.2) is 5.91 Å². The molecule has 2 aromatic carbocycles. The fourth-order valence-electron chi connectivity index (χ4n) is 1.73. The van der Waals surface area contributed by atoms with Gasteiger partial charge in [-0.25, -0.2) is 8.78 Å². The minimum Gasteiger partial charge on any atom is -0.398 e. The molecule has 0 bridgehead atoms. The summed E-state index contributed by atoms with van der Waals surface area (Å²) in [7, 11) is 0. The first-order valence-corrected chi connectivity index (χ1v) is 7.39. The molecule has 1 amide bonds. The van der Waals surface area contributed by atoms with E-state index in [4.69, 9.17) is 5.73 Å². The number of carbonyl (C=O) groups is 1. The SMILES string of the molecule is Cc1cc(Br)c(NC(=O)c2c(F)cc(Br)cc2F)cc1N. The zero-order chi connectivity index (χ0) is 15.7. The third-order valence-electron chi connectivity index (χ3n) is 2.84. The van der Waals surface area contributed by atoms with Crippen molar-refractivity contribution in [2.24, 2.45) is 0 Å². The number of nitrogen functional groups attached to an aromatic ring is 1. The molecule has 2 aromatic rings. The number of hydrogen-bond acceptors (Lipinski definition) is 2. The van der Waals surface area contributed by atoms with E-state index in [1.54, 1.807) is 13.0 Å². The van der Waals surface area contributed by atoms with Gasteiger partial charge in [0.2, 0.25) is 0 Å². The number of nitrogens with one attached hydrogen (secondary N) is 1. The van der Waals surface area contributed by atoms with Gasteiger partial charge in [-0.15, -0.1) is 0 Å². The van der Waals surface area contributed by atoms with Crippen molar-refractivity contribution in [1.82, 2.24) is 0 Å². The largest absolute Gasteiger partial charge is 0.398 e. The van der Waals surface area contributed by atoms with E-state index < -0.39 is 23.1 Å². The quantitative estimate of drug-likeness (QED) is 0.697. The van der Waals surface area contributed by atoms with Gasteiger partial charge in [-0.05, 0) is 52.7 Å². The Bertz CT molecular complexity index is 712. The number of benzene rings is 2. The lowest BCUT2D eigenvalue weighted by atomic mass is 10.1. The van der Waals surface area contributed by atoms with Crippen molar-refractivity contribution in [1.29, 1.82) is 0 Å². The summed E-state index contributed by atoms with van der Waals surface area (Å²) in [5, 5.41) is 2.43. The Kier molecular flexibility index (Phi) is 4.63. The molecule has 21 heavy (non-hydrogen) atoms. The lowest BCUT2D eigenvalue weighted by molar-refractivity contribution is 0.101. The van der Waals surface area contributed by atoms with E-state index in [9.17, 15) is 13.6 Å². The smallest absolute Gasteiger partial charge is 0.261 e. The summed E-state index contributed by atoms with van der Waals surface area (Å²) in [6.07, 6.45) is 0. The fraction of sp³-hybridized carbons (Fsp3) is 0.0714. The molecule has 2 rings (SSSR count). The molecule has 0 unspecified atom stereocenters. The minimum atomic E-state index is -0.949. The number of anilines is 2. The molecule has 0 spiro atoms. The standard InChI is InChI=1S/C14H10Br2F2N2O/c1-6-2-8(16)12(5-11(6)19)20-14(21)13-9(17)3-7(15)4-10(13)18/h2-5H,19H2,1H3,(H,20,21). The van der Waals surface area contributed by atoms with Gasteiger partial charge in [-0.3, -0.25) is 4.79 Å². The van der Waals surface area contributed by atoms with Gasteiger partial charge < -0.3 is 11.1 Å². The number of aryl methyl sites for hydroxylation is 1. The van der Waals surface area contributed by atoms with Gasteiger partial charge in [-0.2, -0.15) is 0 Å². The van der Waals surface area contributed by atoms with Crippen LogP contribution in [0.2, 0.25) is 0 Å². The molecule has 0 aliphatic heterocycles. The van der Waals surface area contributed by atoms with Gasteiger partial charge in [0.05, 0.1) is 5.69 Å². The second kappa shape index (κ2) is 6.11. The first-order valence-electron chi connectivity index (χ1n) is 5.81. The molecule has 7 heteroatoms. The van der Waals surface area contributed by atoms with Crippen LogP contribution in [-0.2, 0) is 0 Å². The molecule has 0 radical (unpaired) electrons. The van der Waals surface area contributed by atoms with Crippen LogP contribution >= 0.6 is 31.9 Å². The lowest BCUT2D eigenvalue weighted by Crippen LogP contribution is -2.16. The molecule has 0 aromatic heterocycles. The maximum Gasteiger partial charge on any atom is 0.261 e. The van der Waals surface area contributed by atoms with Crippen molar-refractivity contribution in [2.45, 2.75) is 6.92 Å². The van der Waals surface area contributed by atoms with Crippen LogP contribution in [0.25, 0.3) is 0 Å². The Morgan fingerprint density at radius 1 is 1.14 bits per heavy atom. The van der Waals surface area contributed by atoms with E-state index in [1.165, 1.54) is 6.07 Å². The van der Waals surface area contributed by atoms with Crippen LogP contribution < -0.4 is 11.1 Å². The summed E-state index contributed by atoms with van der Waals surface area (Å²) >= 11 is 6.22. The van der Waals surface area contributed by atoms with E-state index in [0.29, 0.717) is 15.8 Å². The average molecular weight is 420 g/mol. The van der Waals surface area contributed by atoms with Gasteiger partial charge >= 0.3 is 0 Å². The maximum absolute atomic E-state index is 13.7. The molecular formula is C14H10Br2F2N2O. The van der Waals surface area contributed by atoms with Crippen LogP contribution in [0.5, 0.6) is 0 Å². The molecule has 110 valence electrons. The van der Waals surface area contributed by atoms with Crippen LogP contribution in [0.4, 0.5) is 20.2 Å². The van der Waals surface area contributed by atoms with Crippen molar-refractivity contribution < 1.29 is 13.6 Å². The summed E-state index contributed by atoms with van der Waals surface area (Å²) in [6.45, 7) is 1.81. The van der Waals surface area contributed by atoms with E-state index in [1.807, 2.05) is 0 Å². The van der Waals surface area contributed by atoms with Gasteiger partial charge in [0, 0.05) is 14.6 Å². The lowest BCUT2D eigenvalue weighted by Gasteiger charge is -2.11. The fourth-order valence-corrected chi connectivity index (χ4v) is 2.69. The summed E-state index contributed by atoms with van der Waals surface area (Å²) in [5.74, 6) is -2.78. The third-order valence-corrected chi connectivity index (χ3v) is 3.95. The number of carbonyl (C=O) groups excluding carboxylic acids is 1. The zero-order valence-electron chi connectivity index (χ0n) is 10.8. The molecular weight excluding hydrogens is 410 g/mol. The molecule has 0 aliphatic rings. The molecule has 0 aliphatic carbocycles. The summed E-state index contributed by atoms with van der Waals surface area (Å²) in [4.78, 5) is 12.0. The summed E-state index contributed by atoms with van der Waals surface area (Å²) in [5.41, 5.74) is 6.73. The Hall–Kier alpha value is -1.47. The first kappa shape index (κ1) is 15.9. The monoisotopic (exact) mass is 418 g/mol. The Morgan fingerprint density at radius 2 is 1.71 bits per heavy atom. The number of nitrogens with two attached hydrogens (primary N) is 1. The highest BCUT2D eigenvalue weighted by molar-refractivity contribution is 9.10. The predicted molar refractivity (Wildman–Crippen MR) is 85.3 cm³/mol. The first-order chi connectivity index (χ1) is 9.79. The van der Waals surface area contributed by atoms with Gasteiger partial charge in [0.25, 0.3) is 5.91 Å². The van der Waals surface area contributed by atoms with Crippen LogP contribution in [0.15, 0.2) is 33.2 Å². The summed E-state index contributed by atoms with van der Waals surface area (Å²) in [6, 6.07) is 5.28. The van der Waals surface area contributed by atoms with E-state index in [0.717, 1.165) is 17.7 Å². The van der Waals surface area contributed by atoms with Crippen LogP contribution in [0.3, 0.4) is 0 Å². The van der Waals surface area contributed by atoms with E-state index in [-0.39, 0.29) is 4.47 Å². The number of rotatable bonds is 2. The third kappa shape index (κ3) is 3.41. The maximum atomic E-state index is 13.7. The van der Waals surface area contributed by atoms with Gasteiger partial charge in [-0.1, -0.05) is 15.9 Å². The molecule has 0 fully saturated rings. The zero-order valence-corrected chi connectivity index (χ0v) is 14.0. The second-order valence-electron chi connectivity index (χ2n) is 4.39. The number of halogens is 4. The number of hydrogen-bond donors (Lipinski definition) is 2. The van der Waals surface area contributed by atoms with Crippen molar-refractivity contribution >= 4 is 49.1 Å².